The van der Waals surface area contributed by atoms with Crippen molar-refractivity contribution in [1.82, 2.24) is 19.6 Å². The molecule has 33 heavy (non-hydrogen) atoms. The molecule has 10 heteroatoms. The number of fused-ring (bicyclic) bond motifs is 1. The Balaban J connectivity index is 1.50. The Hall–Kier alpha value is -3.59. The molecule has 2 aromatic heterocycles. The number of hydrogen-bond donors (Lipinski definition) is 0. The van der Waals surface area contributed by atoms with Crippen molar-refractivity contribution in [3.63, 3.8) is 0 Å². The minimum absolute atomic E-state index is 0.315. The molecule has 8 nitrogen and oxygen atoms in total. The Morgan fingerprint density at radius 3 is 2.39 bits per heavy atom. The van der Waals surface area contributed by atoms with Gasteiger partial charge in [0.2, 0.25) is 0 Å². The summed E-state index contributed by atoms with van der Waals surface area (Å²) in [5.74, 6) is 2.35. The SMILES string of the molecule is COc1ccc(-c2cnc3ncnn3c2N2CCN(c3ccc(Cl)cc3F)CC2)cc1OC. The van der Waals surface area contributed by atoms with E-state index in [1.54, 1.807) is 37.1 Å². The Bertz CT molecular complexity index is 1310. The summed E-state index contributed by atoms with van der Waals surface area (Å²) in [4.78, 5) is 13.0. The number of ether oxygens (including phenoxy) is 2. The van der Waals surface area contributed by atoms with Crippen LogP contribution in [0.15, 0.2) is 48.9 Å². The molecule has 0 bridgehead atoms. The third-order valence-corrected chi connectivity index (χ3v) is 6.04. The molecule has 4 aromatic rings. The fourth-order valence-corrected chi connectivity index (χ4v) is 4.33. The normalized spacial score (nSPS) is 14.1. The van der Waals surface area contributed by atoms with E-state index in [1.165, 1.54) is 12.4 Å². The first-order chi connectivity index (χ1) is 16.1. The Morgan fingerprint density at radius 2 is 1.67 bits per heavy atom. The first kappa shape index (κ1) is 21.3. The maximum atomic E-state index is 14.4. The van der Waals surface area contributed by atoms with Crippen molar-refractivity contribution in [1.29, 1.82) is 0 Å². The van der Waals surface area contributed by atoms with Crippen molar-refractivity contribution in [3.05, 3.63) is 59.8 Å². The van der Waals surface area contributed by atoms with Crippen LogP contribution in [0.25, 0.3) is 16.9 Å². The zero-order valence-corrected chi connectivity index (χ0v) is 19.0. The molecule has 0 unspecified atom stereocenters. The van der Waals surface area contributed by atoms with Crippen LogP contribution < -0.4 is 19.3 Å². The lowest BCUT2D eigenvalue weighted by Gasteiger charge is -2.38. The zero-order chi connectivity index (χ0) is 22.9. The van der Waals surface area contributed by atoms with Crippen LogP contribution in [0.3, 0.4) is 0 Å². The molecule has 0 spiro atoms. The van der Waals surface area contributed by atoms with Gasteiger partial charge in [-0.05, 0) is 35.9 Å². The number of anilines is 2. The second-order valence-electron chi connectivity index (χ2n) is 7.61. The largest absolute Gasteiger partial charge is 0.493 e. The van der Waals surface area contributed by atoms with Gasteiger partial charge in [0, 0.05) is 43.0 Å². The topological polar surface area (TPSA) is 68.0 Å². The van der Waals surface area contributed by atoms with Gasteiger partial charge in [0.1, 0.15) is 18.0 Å². The van der Waals surface area contributed by atoms with Crippen molar-refractivity contribution in [2.45, 2.75) is 0 Å². The molecule has 1 fully saturated rings. The van der Waals surface area contributed by atoms with Gasteiger partial charge >= 0.3 is 0 Å². The zero-order valence-electron chi connectivity index (χ0n) is 18.2. The van der Waals surface area contributed by atoms with Gasteiger partial charge in [-0.1, -0.05) is 17.7 Å². The van der Waals surface area contributed by atoms with Crippen LogP contribution in [0.5, 0.6) is 11.5 Å². The third kappa shape index (κ3) is 3.89. The third-order valence-electron chi connectivity index (χ3n) is 5.80. The van der Waals surface area contributed by atoms with Crippen LogP contribution in [0.1, 0.15) is 0 Å². The summed E-state index contributed by atoms with van der Waals surface area (Å²) in [7, 11) is 3.21. The van der Waals surface area contributed by atoms with E-state index in [4.69, 9.17) is 21.1 Å². The second kappa shape index (κ2) is 8.74. The van der Waals surface area contributed by atoms with E-state index in [0.29, 0.717) is 54.2 Å². The maximum absolute atomic E-state index is 14.4. The summed E-state index contributed by atoms with van der Waals surface area (Å²) < 4.78 is 27.1. The number of rotatable bonds is 5. The van der Waals surface area contributed by atoms with Crippen molar-refractivity contribution < 1.29 is 13.9 Å². The Labute approximate surface area is 195 Å². The molecule has 3 heterocycles. The molecule has 0 atom stereocenters. The van der Waals surface area contributed by atoms with Gasteiger partial charge in [-0.2, -0.15) is 14.6 Å². The molecule has 0 amide bonds. The number of hydrogen-bond acceptors (Lipinski definition) is 7. The molecular weight excluding hydrogens is 447 g/mol. The summed E-state index contributed by atoms with van der Waals surface area (Å²) >= 11 is 5.91. The van der Waals surface area contributed by atoms with Crippen molar-refractivity contribution in [2.75, 3.05) is 50.2 Å². The van der Waals surface area contributed by atoms with E-state index in [2.05, 4.69) is 20.0 Å². The molecule has 0 saturated carbocycles. The molecule has 0 radical (unpaired) electrons. The lowest BCUT2D eigenvalue weighted by Crippen LogP contribution is -2.47. The number of aromatic nitrogens is 4. The van der Waals surface area contributed by atoms with Crippen molar-refractivity contribution in [3.8, 4) is 22.6 Å². The van der Waals surface area contributed by atoms with E-state index in [-0.39, 0.29) is 5.82 Å². The highest BCUT2D eigenvalue weighted by atomic mass is 35.5. The summed E-state index contributed by atoms with van der Waals surface area (Å²) in [5, 5.41) is 4.80. The first-order valence-corrected chi connectivity index (χ1v) is 10.8. The monoisotopic (exact) mass is 468 g/mol. The van der Waals surface area contributed by atoms with Crippen molar-refractivity contribution in [2.24, 2.45) is 0 Å². The molecular formula is C23H22ClFN6O2. The highest BCUT2D eigenvalue weighted by Crippen LogP contribution is 2.37. The Morgan fingerprint density at radius 1 is 0.909 bits per heavy atom. The number of nitrogens with zero attached hydrogens (tertiary/aromatic N) is 6. The quantitative estimate of drug-likeness (QED) is 0.439. The smallest absolute Gasteiger partial charge is 0.254 e. The van der Waals surface area contributed by atoms with E-state index in [9.17, 15) is 4.39 Å². The summed E-state index contributed by atoms with van der Waals surface area (Å²) in [5.41, 5.74) is 2.36. The van der Waals surface area contributed by atoms with Gasteiger partial charge in [0.05, 0.1) is 19.9 Å². The average molecular weight is 469 g/mol. The fraction of sp³-hybridized carbons (Fsp3) is 0.261. The van der Waals surface area contributed by atoms with Crippen LogP contribution in [0.4, 0.5) is 15.9 Å². The molecule has 1 saturated heterocycles. The number of benzene rings is 2. The lowest BCUT2D eigenvalue weighted by molar-refractivity contribution is 0.355. The summed E-state index contributed by atoms with van der Waals surface area (Å²) in [6.07, 6.45) is 3.29. The average Bonchev–Trinajstić information content (AvgIpc) is 3.32. The highest BCUT2D eigenvalue weighted by Gasteiger charge is 2.25. The molecule has 0 N–H and O–H groups in total. The number of halogens is 2. The number of piperazine rings is 1. The van der Waals surface area contributed by atoms with E-state index >= 15 is 0 Å². The van der Waals surface area contributed by atoms with Crippen LogP contribution in [-0.4, -0.2) is 60.0 Å². The molecule has 2 aromatic carbocycles. The summed E-state index contributed by atoms with van der Waals surface area (Å²) in [6, 6.07) is 10.5. The van der Waals surface area contributed by atoms with E-state index in [1.807, 2.05) is 23.1 Å². The van der Waals surface area contributed by atoms with Crippen LogP contribution in [0, 0.1) is 5.82 Å². The first-order valence-electron chi connectivity index (χ1n) is 10.4. The predicted molar refractivity (Wildman–Crippen MR) is 125 cm³/mol. The van der Waals surface area contributed by atoms with Gasteiger partial charge in [-0.3, -0.25) is 0 Å². The molecule has 5 rings (SSSR count). The highest BCUT2D eigenvalue weighted by molar-refractivity contribution is 6.30. The molecule has 170 valence electrons. The molecule has 0 aliphatic carbocycles. The van der Waals surface area contributed by atoms with Gasteiger partial charge < -0.3 is 19.3 Å². The Kier molecular flexibility index (Phi) is 5.63. The van der Waals surface area contributed by atoms with Crippen LogP contribution >= 0.6 is 11.6 Å². The maximum Gasteiger partial charge on any atom is 0.254 e. The fourth-order valence-electron chi connectivity index (χ4n) is 4.18. The van der Waals surface area contributed by atoms with E-state index in [0.717, 1.165) is 16.9 Å². The second-order valence-corrected chi connectivity index (χ2v) is 8.04. The molecule has 1 aliphatic heterocycles. The van der Waals surface area contributed by atoms with Crippen LogP contribution in [-0.2, 0) is 0 Å². The molecule has 1 aliphatic rings. The minimum atomic E-state index is -0.315. The van der Waals surface area contributed by atoms with Crippen LogP contribution in [0.2, 0.25) is 5.02 Å². The minimum Gasteiger partial charge on any atom is -0.493 e. The van der Waals surface area contributed by atoms with Crippen molar-refractivity contribution >= 4 is 28.9 Å². The van der Waals surface area contributed by atoms with Gasteiger partial charge in [0.25, 0.3) is 5.78 Å². The number of methoxy groups -OCH3 is 2. The van der Waals surface area contributed by atoms with Gasteiger partial charge in [-0.15, -0.1) is 0 Å². The standard InChI is InChI=1S/C23H22ClFN6O2/c1-32-20-6-3-15(11-21(20)33-2)17-13-26-23-27-14-28-31(23)22(17)30-9-7-29(8-10-30)19-5-4-16(24)12-18(19)25/h3-6,11-14H,7-10H2,1-2H3. The van der Waals surface area contributed by atoms with E-state index < -0.39 is 0 Å². The summed E-state index contributed by atoms with van der Waals surface area (Å²) in [6.45, 7) is 2.62. The van der Waals surface area contributed by atoms with Gasteiger partial charge in [0.15, 0.2) is 11.5 Å². The predicted octanol–water partition coefficient (Wildman–Crippen LogP) is 3.93. The lowest BCUT2D eigenvalue weighted by atomic mass is 10.1. The van der Waals surface area contributed by atoms with Gasteiger partial charge in [-0.25, -0.2) is 9.37 Å².